The van der Waals surface area contributed by atoms with Gasteiger partial charge in [-0.2, -0.15) is 0 Å². The van der Waals surface area contributed by atoms with Gasteiger partial charge in [0, 0.05) is 5.41 Å². The van der Waals surface area contributed by atoms with Crippen LogP contribution in [0.3, 0.4) is 0 Å². The molecule has 0 aliphatic heterocycles. The van der Waals surface area contributed by atoms with Gasteiger partial charge in [0.1, 0.15) is 12.2 Å². The van der Waals surface area contributed by atoms with E-state index in [1.165, 1.54) is 6.33 Å². The monoisotopic (exact) mass is 215 g/mol. The first-order valence-corrected chi connectivity index (χ1v) is 4.14. The van der Waals surface area contributed by atoms with Crippen LogP contribution in [-0.4, -0.2) is 15.0 Å². The predicted octanol–water partition coefficient (Wildman–Crippen LogP) is 1.93. The third-order valence-corrected chi connectivity index (χ3v) is 1.60. The Morgan fingerprint density at radius 1 is 1.27 bits per heavy atom. The van der Waals surface area contributed by atoms with E-state index < -0.39 is 0 Å². The van der Waals surface area contributed by atoms with Crippen LogP contribution in [0.15, 0.2) is 11.1 Å². The Kier molecular flexibility index (Phi) is 2.23. The molecule has 11 heavy (non-hydrogen) atoms. The maximum absolute atomic E-state index is 4.14. The minimum absolute atomic E-state index is 0.00847. The van der Waals surface area contributed by atoms with Gasteiger partial charge in [0.15, 0.2) is 4.73 Å². The van der Waals surface area contributed by atoms with Crippen LogP contribution < -0.4 is 0 Å². The van der Waals surface area contributed by atoms with Crippen molar-refractivity contribution >= 4 is 15.9 Å². The van der Waals surface area contributed by atoms with Gasteiger partial charge in [0.05, 0.1) is 0 Å². The first kappa shape index (κ1) is 8.59. The summed E-state index contributed by atoms with van der Waals surface area (Å²) < 4.78 is 0.595. The van der Waals surface area contributed by atoms with Crippen LogP contribution in [0.25, 0.3) is 0 Å². The maximum Gasteiger partial charge on any atom is 0.199 e. The number of hydrogen-bond donors (Lipinski definition) is 0. The number of hydrogen-bond acceptors (Lipinski definition) is 3. The lowest BCUT2D eigenvalue weighted by molar-refractivity contribution is 0.539. The smallest absolute Gasteiger partial charge is 0.199 e. The normalized spacial score (nSPS) is 11.6. The number of nitrogens with zero attached hydrogens (tertiary/aromatic N) is 3. The summed E-state index contributed by atoms with van der Waals surface area (Å²) in [6, 6.07) is 0. The zero-order chi connectivity index (χ0) is 8.48. The average Bonchev–Trinajstić information content (AvgIpc) is 1.86. The van der Waals surface area contributed by atoms with Gasteiger partial charge >= 0.3 is 0 Å². The van der Waals surface area contributed by atoms with E-state index in [4.69, 9.17) is 0 Å². The molecular weight excluding hydrogens is 206 g/mol. The lowest BCUT2D eigenvalue weighted by Crippen LogP contribution is -2.16. The minimum Gasteiger partial charge on any atom is -0.221 e. The lowest BCUT2D eigenvalue weighted by Gasteiger charge is -2.14. The molecule has 1 aromatic rings. The van der Waals surface area contributed by atoms with Gasteiger partial charge in [-0.15, -0.1) is 0 Å². The summed E-state index contributed by atoms with van der Waals surface area (Å²) in [5.41, 5.74) is -0.00847. The van der Waals surface area contributed by atoms with Crippen molar-refractivity contribution in [1.82, 2.24) is 15.0 Å². The fourth-order valence-electron chi connectivity index (χ4n) is 0.638. The molecule has 0 fully saturated rings. The molecule has 0 unspecified atom stereocenters. The van der Waals surface area contributed by atoms with Crippen molar-refractivity contribution in [2.75, 3.05) is 0 Å². The summed E-state index contributed by atoms with van der Waals surface area (Å²) in [5, 5.41) is 0. The molecule has 0 saturated carbocycles. The number of aromatic nitrogens is 3. The third-order valence-electron chi connectivity index (χ3n) is 1.21. The lowest BCUT2D eigenvalue weighted by atomic mass is 9.96. The highest BCUT2D eigenvalue weighted by molar-refractivity contribution is 9.10. The standard InChI is InChI=1S/C7H10BrN3/c1-7(2,3)5-9-4-10-6(8)11-5/h4H,1-3H3. The van der Waals surface area contributed by atoms with E-state index in [1.54, 1.807) is 0 Å². The van der Waals surface area contributed by atoms with Gasteiger partial charge in [-0.3, -0.25) is 0 Å². The molecule has 1 heterocycles. The molecule has 0 radical (unpaired) electrons. The molecule has 60 valence electrons. The van der Waals surface area contributed by atoms with Gasteiger partial charge in [-0.25, -0.2) is 15.0 Å². The van der Waals surface area contributed by atoms with E-state index in [0.717, 1.165) is 5.82 Å². The Morgan fingerprint density at radius 2 is 1.91 bits per heavy atom. The Hall–Kier alpha value is -0.510. The van der Waals surface area contributed by atoms with Crippen molar-refractivity contribution < 1.29 is 0 Å². The highest BCUT2D eigenvalue weighted by atomic mass is 79.9. The van der Waals surface area contributed by atoms with Crippen molar-refractivity contribution in [2.24, 2.45) is 0 Å². The Morgan fingerprint density at radius 3 is 2.27 bits per heavy atom. The molecule has 0 amide bonds. The zero-order valence-corrected chi connectivity index (χ0v) is 8.38. The summed E-state index contributed by atoms with van der Waals surface area (Å²) >= 11 is 3.19. The van der Waals surface area contributed by atoms with Gasteiger partial charge in [-0.05, 0) is 15.9 Å². The minimum atomic E-state index is -0.00847. The molecule has 1 rings (SSSR count). The first-order chi connectivity index (χ1) is 5.00. The largest absolute Gasteiger partial charge is 0.221 e. The zero-order valence-electron chi connectivity index (χ0n) is 6.80. The van der Waals surface area contributed by atoms with E-state index in [9.17, 15) is 0 Å². The molecule has 0 spiro atoms. The highest BCUT2D eigenvalue weighted by Gasteiger charge is 2.16. The maximum atomic E-state index is 4.14. The van der Waals surface area contributed by atoms with Crippen molar-refractivity contribution in [1.29, 1.82) is 0 Å². The van der Waals surface area contributed by atoms with E-state index in [-0.39, 0.29) is 5.41 Å². The van der Waals surface area contributed by atoms with Gasteiger partial charge in [0.2, 0.25) is 0 Å². The van der Waals surface area contributed by atoms with Crippen LogP contribution >= 0.6 is 15.9 Å². The van der Waals surface area contributed by atoms with Crippen LogP contribution in [0.4, 0.5) is 0 Å². The van der Waals surface area contributed by atoms with Crippen molar-refractivity contribution in [2.45, 2.75) is 26.2 Å². The third kappa shape index (κ3) is 2.22. The van der Waals surface area contributed by atoms with E-state index in [1.807, 2.05) is 0 Å². The summed E-state index contributed by atoms with van der Waals surface area (Å²) in [6.45, 7) is 6.19. The summed E-state index contributed by atoms with van der Waals surface area (Å²) in [7, 11) is 0. The molecule has 0 aliphatic carbocycles. The van der Waals surface area contributed by atoms with E-state index in [0.29, 0.717) is 4.73 Å². The number of rotatable bonds is 0. The molecule has 0 N–H and O–H groups in total. The fourth-order valence-corrected chi connectivity index (χ4v) is 0.897. The van der Waals surface area contributed by atoms with Crippen molar-refractivity contribution in [3.05, 3.63) is 16.9 Å². The topological polar surface area (TPSA) is 38.7 Å². The summed E-state index contributed by atoms with van der Waals surface area (Å²) in [6.07, 6.45) is 1.51. The molecule has 0 atom stereocenters. The van der Waals surface area contributed by atoms with E-state index >= 15 is 0 Å². The second-order valence-electron chi connectivity index (χ2n) is 3.33. The van der Waals surface area contributed by atoms with Crippen molar-refractivity contribution in [3.8, 4) is 0 Å². The Labute approximate surface area is 74.4 Å². The Balaban J connectivity index is 3.06. The van der Waals surface area contributed by atoms with Gasteiger partial charge in [0.25, 0.3) is 0 Å². The average molecular weight is 216 g/mol. The van der Waals surface area contributed by atoms with Gasteiger partial charge < -0.3 is 0 Å². The molecule has 0 aliphatic rings. The molecule has 1 aromatic heterocycles. The fraction of sp³-hybridized carbons (Fsp3) is 0.571. The van der Waals surface area contributed by atoms with Crippen LogP contribution in [0, 0.1) is 0 Å². The molecule has 4 heteroatoms. The van der Waals surface area contributed by atoms with Gasteiger partial charge in [-0.1, -0.05) is 20.8 Å². The molecule has 3 nitrogen and oxygen atoms in total. The second kappa shape index (κ2) is 2.85. The first-order valence-electron chi connectivity index (χ1n) is 3.35. The van der Waals surface area contributed by atoms with Crippen LogP contribution in [-0.2, 0) is 5.41 Å². The van der Waals surface area contributed by atoms with Crippen LogP contribution in [0.5, 0.6) is 0 Å². The second-order valence-corrected chi connectivity index (χ2v) is 4.04. The van der Waals surface area contributed by atoms with Crippen LogP contribution in [0.2, 0.25) is 0 Å². The predicted molar refractivity (Wildman–Crippen MR) is 46.2 cm³/mol. The van der Waals surface area contributed by atoms with E-state index in [2.05, 4.69) is 51.7 Å². The van der Waals surface area contributed by atoms with Crippen LogP contribution in [0.1, 0.15) is 26.6 Å². The molecule has 0 bridgehead atoms. The SMILES string of the molecule is CC(C)(C)c1ncnc(Br)n1. The van der Waals surface area contributed by atoms with Crippen molar-refractivity contribution in [3.63, 3.8) is 0 Å². The quantitative estimate of drug-likeness (QED) is 0.665. The molecular formula is C7H10BrN3. The summed E-state index contributed by atoms with van der Waals surface area (Å²) in [5.74, 6) is 0.805. The Bertz CT molecular complexity index is 254. The molecule has 0 aromatic carbocycles. The summed E-state index contributed by atoms with van der Waals surface area (Å²) in [4.78, 5) is 12.0. The number of halogens is 1. The molecule has 0 saturated heterocycles. The highest BCUT2D eigenvalue weighted by Crippen LogP contribution is 2.17.